The SMILES string of the molecule is O=S(=O)(Nc1ccc(Cl)cc1Br)c1cc(F)ccc1Cl. The molecule has 2 aromatic rings. The van der Waals surface area contributed by atoms with Crippen molar-refractivity contribution in [1.82, 2.24) is 0 Å². The van der Waals surface area contributed by atoms with E-state index in [0.717, 1.165) is 12.1 Å². The maximum atomic E-state index is 13.2. The lowest BCUT2D eigenvalue weighted by molar-refractivity contribution is 0.595. The predicted octanol–water partition coefficient (Wildman–Crippen LogP) is 4.70. The number of sulfonamides is 1. The summed E-state index contributed by atoms with van der Waals surface area (Å²) in [5, 5.41) is 0.382. The Kier molecular flexibility index (Phi) is 4.59. The van der Waals surface area contributed by atoms with Gasteiger partial charge in [-0.3, -0.25) is 4.72 Å². The Labute approximate surface area is 133 Å². The molecule has 20 heavy (non-hydrogen) atoms. The van der Waals surface area contributed by atoms with Crippen molar-refractivity contribution in [3.05, 3.63) is 56.7 Å². The van der Waals surface area contributed by atoms with Gasteiger partial charge in [-0.1, -0.05) is 23.2 Å². The zero-order chi connectivity index (χ0) is 14.9. The Bertz CT molecular complexity index is 768. The van der Waals surface area contributed by atoms with Gasteiger partial charge in [-0.25, -0.2) is 12.8 Å². The largest absolute Gasteiger partial charge is 0.278 e. The monoisotopic (exact) mass is 397 g/mol. The predicted molar refractivity (Wildman–Crippen MR) is 81.4 cm³/mol. The van der Waals surface area contributed by atoms with Gasteiger partial charge in [0.2, 0.25) is 0 Å². The number of hydrogen-bond donors (Lipinski definition) is 1. The lowest BCUT2D eigenvalue weighted by Gasteiger charge is -2.11. The van der Waals surface area contributed by atoms with E-state index in [4.69, 9.17) is 23.2 Å². The summed E-state index contributed by atoms with van der Waals surface area (Å²) in [5.74, 6) is -0.690. The van der Waals surface area contributed by atoms with Gasteiger partial charge in [0.15, 0.2) is 0 Å². The first-order valence-corrected chi connectivity index (χ1v) is 8.26. The summed E-state index contributed by atoms with van der Waals surface area (Å²) >= 11 is 14.8. The second-order valence-corrected chi connectivity index (χ2v) is 7.15. The smallest absolute Gasteiger partial charge is 0.263 e. The van der Waals surface area contributed by atoms with Gasteiger partial charge in [-0.2, -0.15) is 0 Å². The Morgan fingerprint density at radius 2 is 1.80 bits per heavy atom. The summed E-state index contributed by atoms with van der Waals surface area (Å²) in [7, 11) is -4.00. The molecule has 0 heterocycles. The molecule has 0 spiro atoms. The van der Waals surface area contributed by atoms with Crippen LogP contribution in [0.3, 0.4) is 0 Å². The van der Waals surface area contributed by atoms with Crippen LogP contribution in [0.4, 0.5) is 10.1 Å². The molecule has 0 saturated heterocycles. The molecule has 0 aliphatic carbocycles. The van der Waals surface area contributed by atoms with Crippen LogP contribution >= 0.6 is 39.1 Å². The van der Waals surface area contributed by atoms with Crippen LogP contribution in [-0.4, -0.2) is 8.42 Å². The Morgan fingerprint density at radius 1 is 1.10 bits per heavy atom. The number of hydrogen-bond acceptors (Lipinski definition) is 2. The summed E-state index contributed by atoms with van der Waals surface area (Å²) < 4.78 is 40.3. The number of nitrogens with one attached hydrogen (secondary N) is 1. The number of anilines is 1. The van der Waals surface area contributed by atoms with E-state index in [1.807, 2.05) is 0 Å². The molecule has 2 rings (SSSR count). The molecule has 8 heteroatoms. The maximum absolute atomic E-state index is 13.2. The minimum Gasteiger partial charge on any atom is -0.278 e. The van der Waals surface area contributed by atoms with Gasteiger partial charge in [-0.05, 0) is 52.3 Å². The van der Waals surface area contributed by atoms with Gasteiger partial charge in [-0.15, -0.1) is 0 Å². The number of rotatable bonds is 3. The minimum absolute atomic E-state index is 0.0658. The topological polar surface area (TPSA) is 46.2 Å². The van der Waals surface area contributed by atoms with Crippen LogP contribution in [0.5, 0.6) is 0 Å². The highest BCUT2D eigenvalue weighted by Gasteiger charge is 2.20. The molecule has 0 unspecified atom stereocenters. The van der Waals surface area contributed by atoms with Crippen LogP contribution in [0.1, 0.15) is 0 Å². The van der Waals surface area contributed by atoms with E-state index in [2.05, 4.69) is 20.7 Å². The third-order valence-electron chi connectivity index (χ3n) is 2.36. The van der Waals surface area contributed by atoms with E-state index in [1.165, 1.54) is 24.3 Å². The average Bonchev–Trinajstić information content (AvgIpc) is 2.35. The summed E-state index contributed by atoms with van der Waals surface area (Å²) in [6.07, 6.45) is 0. The van der Waals surface area contributed by atoms with Crippen molar-refractivity contribution in [2.24, 2.45) is 0 Å². The molecule has 0 fully saturated rings. The molecule has 3 nitrogen and oxygen atoms in total. The third-order valence-corrected chi connectivity index (χ3v) is 5.10. The summed E-state index contributed by atoms with van der Waals surface area (Å²) in [4.78, 5) is -0.332. The molecule has 0 aliphatic rings. The van der Waals surface area contributed by atoms with Crippen molar-refractivity contribution in [2.45, 2.75) is 4.90 Å². The second-order valence-electron chi connectivity index (χ2n) is 3.80. The quantitative estimate of drug-likeness (QED) is 0.814. The van der Waals surface area contributed by atoms with E-state index in [-0.39, 0.29) is 15.6 Å². The molecule has 0 amide bonds. The van der Waals surface area contributed by atoms with Crippen LogP contribution in [0.25, 0.3) is 0 Å². The number of benzene rings is 2. The van der Waals surface area contributed by atoms with Crippen LogP contribution in [0.2, 0.25) is 10.0 Å². The van der Waals surface area contributed by atoms with E-state index in [0.29, 0.717) is 9.50 Å². The fourth-order valence-electron chi connectivity index (χ4n) is 1.46. The first-order valence-electron chi connectivity index (χ1n) is 5.22. The van der Waals surface area contributed by atoms with Gasteiger partial charge in [0.05, 0.1) is 10.7 Å². The fourth-order valence-corrected chi connectivity index (χ4v) is 3.96. The Morgan fingerprint density at radius 3 is 2.45 bits per heavy atom. The standard InChI is InChI=1S/C12H7BrCl2FNO2S/c13-9-5-7(14)1-4-11(9)17-20(18,19)12-6-8(16)2-3-10(12)15/h1-6,17H. The first-order chi connectivity index (χ1) is 9.29. The fraction of sp³-hybridized carbons (Fsp3) is 0. The van der Waals surface area contributed by atoms with Crippen molar-refractivity contribution in [3.63, 3.8) is 0 Å². The molecule has 0 saturated carbocycles. The van der Waals surface area contributed by atoms with Gasteiger partial charge < -0.3 is 0 Å². The molecule has 2 aromatic carbocycles. The van der Waals surface area contributed by atoms with Crippen LogP contribution in [0.15, 0.2) is 45.8 Å². The molecular weight excluding hydrogens is 392 g/mol. The molecule has 0 radical (unpaired) electrons. The molecule has 106 valence electrons. The van der Waals surface area contributed by atoms with E-state index >= 15 is 0 Å². The molecule has 0 aromatic heterocycles. The highest BCUT2D eigenvalue weighted by atomic mass is 79.9. The third kappa shape index (κ3) is 3.44. The highest BCUT2D eigenvalue weighted by molar-refractivity contribution is 9.10. The maximum Gasteiger partial charge on any atom is 0.263 e. The molecular formula is C12H7BrCl2FNO2S. The summed E-state index contributed by atoms with van der Waals surface area (Å²) in [6, 6.07) is 7.66. The van der Waals surface area contributed by atoms with E-state index in [9.17, 15) is 12.8 Å². The molecule has 0 bridgehead atoms. The van der Waals surface area contributed by atoms with E-state index < -0.39 is 15.8 Å². The Balaban J connectivity index is 2.43. The molecule has 0 aliphatic heterocycles. The first kappa shape index (κ1) is 15.6. The zero-order valence-corrected chi connectivity index (χ0v) is 13.6. The minimum atomic E-state index is -4.00. The normalized spacial score (nSPS) is 11.4. The molecule has 1 N–H and O–H groups in total. The number of halogens is 4. The van der Waals surface area contributed by atoms with Gasteiger partial charge in [0.1, 0.15) is 10.7 Å². The van der Waals surface area contributed by atoms with E-state index in [1.54, 1.807) is 0 Å². The lowest BCUT2D eigenvalue weighted by atomic mass is 10.3. The van der Waals surface area contributed by atoms with Gasteiger partial charge >= 0.3 is 0 Å². The van der Waals surface area contributed by atoms with Gasteiger partial charge in [0, 0.05) is 9.50 Å². The Hall–Kier alpha value is -0.820. The van der Waals surface area contributed by atoms with Crippen molar-refractivity contribution >= 4 is 54.8 Å². The lowest BCUT2D eigenvalue weighted by Crippen LogP contribution is -2.14. The van der Waals surface area contributed by atoms with Crippen LogP contribution in [-0.2, 0) is 10.0 Å². The average molecular weight is 399 g/mol. The summed E-state index contributed by atoms with van der Waals surface area (Å²) in [6.45, 7) is 0. The molecule has 0 atom stereocenters. The second kappa shape index (κ2) is 5.89. The van der Waals surface area contributed by atoms with Crippen LogP contribution in [0, 0.1) is 5.82 Å². The zero-order valence-electron chi connectivity index (χ0n) is 9.70. The van der Waals surface area contributed by atoms with Crippen molar-refractivity contribution in [1.29, 1.82) is 0 Å². The van der Waals surface area contributed by atoms with Gasteiger partial charge in [0.25, 0.3) is 10.0 Å². The van der Waals surface area contributed by atoms with Crippen molar-refractivity contribution in [2.75, 3.05) is 4.72 Å². The van der Waals surface area contributed by atoms with Crippen LogP contribution < -0.4 is 4.72 Å². The highest BCUT2D eigenvalue weighted by Crippen LogP contribution is 2.30. The van der Waals surface area contributed by atoms with Crippen molar-refractivity contribution in [3.8, 4) is 0 Å². The summed E-state index contributed by atoms with van der Waals surface area (Å²) in [5.41, 5.74) is 0.273. The van der Waals surface area contributed by atoms with Crippen molar-refractivity contribution < 1.29 is 12.8 Å².